The zero-order valence-electron chi connectivity index (χ0n) is 15.2. The number of nitrogens with one attached hydrogen (secondary N) is 1. The number of rotatable bonds is 9. The Bertz CT molecular complexity index is 956. The van der Waals surface area contributed by atoms with Crippen molar-refractivity contribution in [1.82, 2.24) is 5.32 Å². The normalized spacial score (nSPS) is 12.2. The van der Waals surface area contributed by atoms with Crippen molar-refractivity contribution in [2.45, 2.75) is 19.4 Å². The Morgan fingerprint density at radius 1 is 1.07 bits per heavy atom. The summed E-state index contributed by atoms with van der Waals surface area (Å²) in [4.78, 5) is 24.1. The van der Waals surface area contributed by atoms with Gasteiger partial charge in [-0.3, -0.25) is 9.35 Å². The van der Waals surface area contributed by atoms with E-state index in [-0.39, 0.29) is 5.56 Å². The van der Waals surface area contributed by atoms with Crippen molar-refractivity contribution in [2.24, 2.45) is 0 Å². The fourth-order valence-electron chi connectivity index (χ4n) is 2.65. The van der Waals surface area contributed by atoms with Crippen LogP contribution in [0.2, 0.25) is 0 Å². The molecule has 0 bridgehead atoms. The molecule has 3 N–H and O–H groups in total. The van der Waals surface area contributed by atoms with Gasteiger partial charge in [0.25, 0.3) is 16.0 Å². The highest BCUT2D eigenvalue weighted by molar-refractivity contribution is 7.85. The van der Waals surface area contributed by atoms with Crippen LogP contribution in [0.4, 0.5) is 0 Å². The van der Waals surface area contributed by atoms with Gasteiger partial charge >= 0.3 is 5.97 Å². The van der Waals surface area contributed by atoms with Gasteiger partial charge in [0.1, 0.15) is 11.8 Å². The van der Waals surface area contributed by atoms with Crippen LogP contribution in [-0.4, -0.2) is 48.4 Å². The lowest BCUT2D eigenvalue weighted by Gasteiger charge is -2.17. The third-order valence-corrected chi connectivity index (χ3v) is 4.67. The molecule has 0 aliphatic heterocycles. The Kier molecular flexibility index (Phi) is 7.13. The fraction of sp³-hybridized carbons (Fsp3) is 0.263. The van der Waals surface area contributed by atoms with Crippen LogP contribution < -0.4 is 10.1 Å². The molecule has 0 aromatic heterocycles. The molecule has 9 heteroatoms. The average Bonchev–Trinajstić information content (AvgIpc) is 2.64. The first-order chi connectivity index (χ1) is 13.2. The fourth-order valence-corrected chi connectivity index (χ4v) is 3.18. The first kappa shape index (κ1) is 21.4. The maximum atomic E-state index is 12.7. The SMILES string of the molecule is CCOc1ccccc1-c1ccccc1C(=O)N[C@@H](CCS(=O)(=O)O)C(=O)O. The lowest BCUT2D eigenvalue weighted by molar-refractivity contribution is -0.139. The van der Waals surface area contributed by atoms with Crippen LogP contribution in [-0.2, 0) is 14.9 Å². The van der Waals surface area contributed by atoms with E-state index < -0.39 is 40.2 Å². The second-order valence-electron chi connectivity index (χ2n) is 5.91. The van der Waals surface area contributed by atoms with Crippen molar-refractivity contribution in [3.05, 3.63) is 54.1 Å². The molecule has 28 heavy (non-hydrogen) atoms. The minimum atomic E-state index is -4.35. The average molecular weight is 407 g/mol. The number of carboxylic acid groups (broad SMARTS) is 1. The minimum absolute atomic E-state index is 0.216. The topological polar surface area (TPSA) is 130 Å². The molecular weight excluding hydrogens is 386 g/mol. The smallest absolute Gasteiger partial charge is 0.326 e. The van der Waals surface area contributed by atoms with Gasteiger partial charge in [-0.05, 0) is 31.0 Å². The predicted octanol–water partition coefficient (Wildman–Crippen LogP) is 2.21. The van der Waals surface area contributed by atoms with Crippen LogP contribution in [0.3, 0.4) is 0 Å². The molecule has 8 nitrogen and oxygen atoms in total. The lowest BCUT2D eigenvalue weighted by atomic mass is 9.98. The van der Waals surface area contributed by atoms with Crippen molar-refractivity contribution >= 4 is 22.0 Å². The third-order valence-electron chi connectivity index (χ3n) is 3.92. The molecule has 0 spiro atoms. The van der Waals surface area contributed by atoms with Crippen molar-refractivity contribution in [1.29, 1.82) is 0 Å². The van der Waals surface area contributed by atoms with Gasteiger partial charge in [-0.2, -0.15) is 8.42 Å². The maximum Gasteiger partial charge on any atom is 0.326 e. The van der Waals surface area contributed by atoms with E-state index in [1.54, 1.807) is 42.5 Å². The van der Waals surface area contributed by atoms with E-state index >= 15 is 0 Å². The maximum absolute atomic E-state index is 12.7. The van der Waals surface area contributed by atoms with Crippen LogP contribution in [0.25, 0.3) is 11.1 Å². The van der Waals surface area contributed by atoms with Gasteiger partial charge < -0.3 is 15.2 Å². The number of ether oxygens (including phenoxy) is 1. The molecule has 0 saturated carbocycles. The molecule has 0 saturated heterocycles. The number of aliphatic carboxylic acids is 1. The second kappa shape index (κ2) is 9.34. The van der Waals surface area contributed by atoms with Crippen molar-refractivity contribution in [3.8, 4) is 16.9 Å². The summed E-state index contributed by atoms with van der Waals surface area (Å²) in [5.41, 5.74) is 1.43. The van der Waals surface area contributed by atoms with Crippen LogP contribution in [0, 0.1) is 0 Å². The zero-order valence-corrected chi connectivity index (χ0v) is 16.0. The van der Waals surface area contributed by atoms with Gasteiger partial charge in [0.2, 0.25) is 0 Å². The Balaban J connectivity index is 2.33. The predicted molar refractivity (Wildman–Crippen MR) is 103 cm³/mol. The number of benzene rings is 2. The van der Waals surface area contributed by atoms with Crippen molar-refractivity contribution in [2.75, 3.05) is 12.4 Å². The van der Waals surface area contributed by atoms with Crippen LogP contribution >= 0.6 is 0 Å². The Morgan fingerprint density at radius 3 is 2.29 bits per heavy atom. The van der Waals surface area contributed by atoms with Gasteiger partial charge in [-0.1, -0.05) is 36.4 Å². The van der Waals surface area contributed by atoms with E-state index in [0.717, 1.165) is 0 Å². The summed E-state index contributed by atoms with van der Waals surface area (Å²) in [6.07, 6.45) is -0.461. The quantitative estimate of drug-likeness (QED) is 0.543. The molecule has 2 aromatic carbocycles. The highest BCUT2D eigenvalue weighted by Gasteiger charge is 2.24. The van der Waals surface area contributed by atoms with Crippen LogP contribution in [0.15, 0.2) is 48.5 Å². The van der Waals surface area contributed by atoms with Gasteiger partial charge in [-0.25, -0.2) is 4.79 Å². The highest BCUT2D eigenvalue weighted by atomic mass is 32.2. The van der Waals surface area contributed by atoms with E-state index in [9.17, 15) is 23.1 Å². The molecule has 2 rings (SSSR count). The van der Waals surface area contributed by atoms with E-state index in [1.807, 2.05) is 6.92 Å². The molecule has 0 heterocycles. The van der Waals surface area contributed by atoms with Crippen molar-refractivity contribution in [3.63, 3.8) is 0 Å². The van der Waals surface area contributed by atoms with E-state index in [0.29, 0.717) is 23.5 Å². The summed E-state index contributed by atoms with van der Waals surface area (Å²) < 4.78 is 36.2. The Hall–Kier alpha value is -2.91. The number of hydrogen-bond acceptors (Lipinski definition) is 5. The molecule has 0 radical (unpaired) electrons. The molecule has 150 valence electrons. The highest BCUT2D eigenvalue weighted by Crippen LogP contribution is 2.32. The number of amides is 1. The summed E-state index contributed by atoms with van der Waals surface area (Å²) >= 11 is 0. The van der Waals surface area contributed by atoms with Gasteiger partial charge in [0, 0.05) is 11.1 Å². The van der Waals surface area contributed by atoms with Crippen LogP contribution in [0.5, 0.6) is 5.75 Å². The van der Waals surface area contributed by atoms with Crippen molar-refractivity contribution < 1.29 is 32.4 Å². The van der Waals surface area contributed by atoms with E-state index in [1.165, 1.54) is 6.07 Å². The summed E-state index contributed by atoms with van der Waals surface area (Å²) in [7, 11) is -4.35. The van der Waals surface area contributed by atoms with E-state index in [4.69, 9.17) is 9.29 Å². The first-order valence-corrected chi connectivity index (χ1v) is 10.1. The third kappa shape index (κ3) is 5.80. The van der Waals surface area contributed by atoms with Gasteiger partial charge in [0.05, 0.1) is 12.4 Å². The Morgan fingerprint density at radius 2 is 1.68 bits per heavy atom. The molecule has 2 aromatic rings. The minimum Gasteiger partial charge on any atom is -0.493 e. The molecule has 1 amide bonds. The molecule has 0 unspecified atom stereocenters. The molecule has 1 atom stereocenters. The summed E-state index contributed by atoms with van der Waals surface area (Å²) in [5.74, 6) is -2.28. The summed E-state index contributed by atoms with van der Waals surface area (Å²) in [5, 5.41) is 11.6. The standard InChI is InChI=1S/C19H21NO7S/c1-2-27-17-10-6-5-8-14(17)13-7-3-4-9-15(13)18(21)20-16(19(22)23)11-12-28(24,25)26/h3-10,16H,2,11-12H2,1H3,(H,20,21)(H,22,23)(H,24,25,26)/t16-/m0/s1. The monoisotopic (exact) mass is 407 g/mol. The van der Waals surface area contributed by atoms with Crippen LogP contribution in [0.1, 0.15) is 23.7 Å². The largest absolute Gasteiger partial charge is 0.493 e. The summed E-state index contributed by atoms with van der Waals surface area (Å²) in [6.45, 7) is 2.27. The molecular formula is C19H21NO7S. The first-order valence-electron chi connectivity index (χ1n) is 8.53. The number of hydrogen-bond donors (Lipinski definition) is 3. The Labute approximate surface area is 162 Å². The molecule has 0 aliphatic rings. The zero-order chi connectivity index (χ0) is 20.7. The lowest BCUT2D eigenvalue weighted by Crippen LogP contribution is -2.42. The number of para-hydroxylation sites is 1. The number of carbonyl (C=O) groups excluding carboxylic acids is 1. The van der Waals surface area contributed by atoms with Gasteiger partial charge in [0.15, 0.2) is 0 Å². The number of carboxylic acids is 1. The molecule has 0 fully saturated rings. The van der Waals surface area contributed by atoms with Gasteiger partial charge in [-0.15, -0.1) is 0 Å². The molecule has 0 aliphatic carbocycles. The summed E-state index contributed by atoms with van der Waals surface area (Å²) in [6, 6.07) is 12.3. The van der Waals surface area contributed by atoms with E-state index in [2.05, 4.69) is 5.32 Å². The second-order valence-corrected chi connectivity index (χ2v) is 7.49. The number of carbonyl (C=O) groups is 2.